The highest BCUT2D eigenvalue weighted by Crippen LogP contribution is 2.42. The highest BCUT2D eigenvalue weighted by Gasteiger charge is 2.23. The predicted octanol–water partition coefficient (Wildman–Crippen LogP) is 4.02. The van der Waals surface area contributed by atoms with Gasteiger partial charge in [-0.1, -0.05) is 19.9 Å². The SMILES string of the molecule is C=Nc1c(N2CCN(C)CC2)ncc(-c2cccs2)c1C(C)C. The van der Waals surface area contributed by atoms with Crippen molar-refractivity contribution in [1.29, 1.82) is 0 Å². The summed E-state index contributed by atoms with van der Waals surface area (Å²) in [4.78, 5) is 15.1. The Morgan fingerprint density at radius 1 is 1.26 bits per heavy atom. The van der Waals surface area contributed by atoms with Crippen molar-refractivity contribution in [3.05, 3.63) is 29.3 Å². The van der Waals surface area contributed by atoms with Gasteiger partial charge in [-0.3, -0.25) is 4.99 Å². The van der Waals surface area contributed by atoms with Gasteiger partial charge in [0.1, 0.15) is 5.69 Å². The number of piperazine rings is 1. The lowest BCUT2D eigenvalue weighted by molar-refractivity contribution is 0.312. The molecule has 0 amide bonds. The van der Waals surface area contributed by atoms with Gasteiger partial charge in [0.2, 0.25) is 0 Å². The van der Waals surface area contributed by atoms with Crippen LogP contribution in [-0.2, 0) is 0 Å². The molecule has 1 fully saturated rings. The van der Waals surface area contributed by atoms with Gasteiger partial charge >= 0.3 is 0 Å². The summed E-state index contributed by atoms with van der Waals surface area (Å²) in [6.07, 6.45) is 2.02. The van der Waals surface area contributed by atoms with Crippen molar-refractivity contribution in [2.24, 2.45) is 4.99 Å². The molecular weight excluding hydrogens is 304 g/mol. The Hall–Kier alpha value is -1.72. The minimum atomic E-state index is 0.377. The Labute approximate surface area is 142 Å². The summed E-state index contributed by atoms with van der Waals surface area (Å²) in [6.45, 7) is 12.4. The lowest BCUT2D eigenvalue weighted by atomic mass is 9.95. The highest BCUT2D eigenvalue weighted by atomic mass is 32.1. The van der Waals surface area contributed by atoms with E-state index in [-0.39, 0.29) is 0 Å². The van der Waals surface area contributed by atoms with Crippen LogP contribution >= 0.6 is 11.3 Å². The van der Waals surface area contributed by atoms with Gasteiger partial charge in [0, 0.05) is 42.8 Å². The fourth-order valence-corrected chi connectivity index (χ4v) is 3.87. The Bertz CT molecular complexity index is 671. The van der Waals surface area contributed by atoms with Gasteiger partial charge in [0.25, 0.3) is 0 Å². The summed E-state index contributed by atoms with van der Waals surface area (Å²) < 4.78 is 0. The van der Waals surface area contributed by atoms with Crippen LogP contribution in [0, 0.1) is 0 Å². The number of rotatable bonds is 4. The molecule has 122 valence electrons. The molecule has 0 bridgehead atoms. The van der Waals surface area contributed by atoms with E-state index < -0.39 is 0 Å². The maximum absolute atomic E-state index is 4.78. The fraction of sp³-hybridized carbons (Fsp3) is 0.444. The molecule has 0 unspecified atom stereocenters. The molecule has 0 radical (unpaired) electrons. The Morgan fingerprint density at radius 2 is 2.00 bits per heavy atom. The molecule has 2 aromatic rings. The minimum Gasteiger partial charge on any atom is -0.352 e. The van der Waals surface area contributed by atoms with Crippen molar-refractivity contribution in [3.63, 3.8) is 0 Å². The lowest BCUT2D eigenvalue weighted by Crippen LogP contribution is -2.44. The average molecular weight is 328 g/mol. The Balaban J connectivity index is 2.08. The zero-order valence-corrected chi connectivity index (χ0v) is 14.9. The molecule has 2 aromatic heterocycles. The number of hydrogen-bond donors (Lipinski definition) is 0. The van der Waals surface area contributed by atoms with Crippen LogP contribution in [-0.4, -0.2) is 49.8 Å². The van der Waals surface area contributed by atoms with Gasteiger partial charge in [-0.25, -0.2) is 4.98 Å². The standard InChI is InChI=1S/C18H24N4S/c1-13(2)16-14(15-6-5-11-23-15)12-20-18(17(16)19-3)22-9-7-21(4)8-10-22/h5-6,11-13H,3,7-10H2,1-2,4H3. The summed E-state index contributed by atoms with van der Waals surface area (Å²) in [6, 6.07) is 4.23. The molecule has 0 atom stereocenters. The van der Waals surface area contributed by atoms with Crippen LogP contribution in [0.15, 0.2) is 28.7 Å². The number of likely N-dealkylation sites (N-methyl/N-ethyl adjacent to an activating group) is 1. The van der Waals surface area contributed by atoms with Crippen LogP contribution in [0.25, 0.3) is 10.4 Å². The number of thiophene rings is 1. The van der Waals surface area contributed by atoms with Crippen molar-refractivity contribution in [2.45, 2.75) is 19.8 Å². The van der Waals surface area contributed by atoms with E-state index in [1.807, 2.05) is 6.20 Å². The molecule has 1 aliphatic rings. The molecule has 0 aliphatic carbocycles. The van der Waals surface area contributed by atoms with Crippen molar-refractivity contribution < 1.29 is 0 Å². The van der Waals surface area contributed by atoms with Crippen LogP contribution in [0.1, 0.15) is 25.3 Å². The first-order valence-electron chi connectivity index (χ1n) is 8.08. The number of aromatic nitrogens is 1. The number of aliphatic imine (C=N–C) groups is 1. The molecule has 3 heterocycles. The molecular formula is C18H24N4S. The normalized spacial score (nSPS) is 16.1. The second kappa shape index (κ2) is 6.81. The maximum Gasteiger partial charge on any atom is 0.154 e. The third-order valence-corrected chi connectivity index (χ3v) is 5.30. The van der Waals surface area contributed by atoms with E-state index in [9.17, 15) is 0 Å². The van der Waals surface area contributed by atoms with E-state index in [1.165, 1.54) is 16.0 Å². The quantitative estimate of drug-likeness (QED) is 0.795. The zero-order valence-electron chi connectivity index (χ0n) is 14.1. The third-order valence-electron chi connectivity index (χ3n) is 4.40. The first-order valence-corrected chi connectivity index (χ1v) is 8.96. The number of pyridine rings is 1. The van der Waals surface area contributed by atoms with Gasteiger partial charge in [-0.15, -0.1) is 11.3 Å². The van der Waals surface area contributed by atoms with E-state index in [2.05, 4.69) is 59.9 Å². The van der Waals surface area contributed by atoms with Crippen LogP contribution in [0.4, 0.5) is 11.5 Å². The second-order valence-electron chi connectivity index (χ2n) is 6.34. The maximum atomic E-state index is 4.78. The smallest absolute Gasteiger partial charge is 0.154 e. The van der Waals surface area contributed by atoms with Crippen molar-refractivity contribution in [1.82, 2.24) is 9.88 Å². The summed E-state index contributed by atoms with van der Waals surface area (Å²) >= 11 is 1.75. The van der Waals surface area contributed by atoms with Gasteiger partial charge in [-0.05, 0) is 36.7 Å². The lowest BCUT2D eigenvalue weighted by Gasteiger charge is -2.34. The first-order chi connectivity index (χ1) is 11.1. The Kier molecular flexibility index (Phi) is 4.78. The molecule has 1 saturated heterocycles. The first kappa shape index (κ1) is 16.1. The monoisotopic (exact) mass is 328 g/mol. The van der Waals surface area contributed by atoms with Crippen molar-refractivity contribution in [3.8, 4) is 10.4 Å². The van der Waals surface area contributed by atoms with Crippen LogP contribution in [0.2, 0.25) is 0 Å². The topological polar surface area (TPSA) is 31.7 Å². The number of anilines is 1. The van der Waals surface area contributed by atoms with E-state index in [1.54, 1.807) is 11.3 Å². The molecule has 1 aliphatic heterocycles. The minimum absolute atomic E-state index is 0.377. The summed E-state index contributed by atoms with van der Waals surface area (Å²) in [5.41, 5.74) is 3.40. The molecule has 3 rings (SSSR count). The van der Waals surface area contributed by atoms with Crippen molar-refractivity contribution in [2.75, 3.05) is 38.1 Å². The molecule has 4 nitrogen and oxygen atoms in total. The second-order valence-corrected chi connectivity index (χ2v) is 7.29. The summed E-state index contributed by atoms with van der Waals surface area (Å²) in [5, 5.41) is 2.11. The van der Waals surface area contributed by atoms with Gasteiger partial charge in [-0.2, -0.15) is 0 Å². The molecule has 0 saturated carbocycles. The molecule has 0 N–H and O–H groups in total. The van der Waals surface area contributed by atoms with Gasteiger partial charge in [0.05, 0.1) is 0 Å². The molecule has 23 heavy (non-hydrogen) atoms. The van der Waals surface area contributed by atoms with Gasteiger partial charge < -0.3 is 9.80 Å². The van der Waals surface area contributed by atoms with Crippen LogP contribution in [0.3, 0.4) is 0 Å². The fourth-order valence-electron chi connectivity index (χ4n) is 3.12. The number of hydrogen-bond acceptors (Lipinski definition) is 5. The third kappa shape index (κ3) is 3.16. The highest BCUT2D eigenvalue weighted by molar-refractivity contribution is 7.13. The van der Waals surface area contributed by atoms with Crippen molar-refractivity contribution >= 4 is 29.6 Å². The van der Waals surface area contributed by atoms with Crippen LogP contribution < -0.4 is 4.90 Å². The molecule has 0 aromatic carbocycles. The predicted molar refractivity (Wildman–Crippen MR) is 101 cm³/mol. The van der Waals surface area contributed by atoms with Crippen LogP contribution in [0.5, 0.6) is 0 Å². The summed E-state index contributed by atoms with van der Waals surface area (Å²) in [7, 11) is 2.16. The largest absolute Gasteiger partial charge is 0.352 e. The Morgan fingerprint density at radius 3 is 2.57 bits per heavy atom. The number of nitrogens with zero attached hydrogens (tertiary/aromatic N) is 4. The zero-order chi connectivity index (χ0) is 16.4. The molecule has 5 heteroatoms. The van der Waals surface area contributed by atoms with E-state index in [4.69, 9.17) is 4.98 Å². The summed E-state index contributed by atoms with van der Waals surface area (Å²) in [5.74, 6) is 1.36. The average Bonchev–Trinajstić information content (AvgIpc) is 3.08. The van der Waals surface area contributed by atoms with Gasteiger partial charge in [0.15, 0.2) is 5.82 Å². The van der Waals surface area contributed by atoms with E-state index in [0.29, 0.717) is 5.92 Å². The van der Waals surface area contributed by atoms with E-state index in [0.717, 1.165) is 37.7 Å². The van der Waals surface area contributed by atoms with E-state index >= 15 is 0 Å². The molecule has 0 spiro atoms.